The van der Waals surface area contributed by atoms with Gasteiger partial charge in [0.05, 0.1) is 0 Å². The third-order valence-corrected chi connectivity index (χ3v) is 5.04. The van der Waals surface area contributed by atoms with Crippen molar-refractivity contribution < 1.29 is 4.79 Å². The van der Waals surface area contributed by atoms with Gasteiger partial charge < -0.3 is 10.6 Å². The van der Waals surface area contributed by atoms with Crippen LogP contribution in [0.25, 0.3) is 0 Å². The average Bonchev–Trinajstić information content (AvgIpc) is 2.64. The Kier molecular flexibility index (Phi) is 4.51. The number of rotatable bonds is 2. The van der Waals surface area contributed by atoms with Crippen molar-refractivity contribution in [3.8, 4) is 0 Å². The first kappa shape index (κ1) is 14.8. The van der Waals surface area contributed by atoms with Crippen LogP contribution in [0.2, 0.25) is 0 Å². The number of nitrogens with zero attached hydrogens (tertiary/aromatic N) is 2. The van der Waals surface area contributed by atoms with E-state index in [4.69, 9.17) is 5.73 Å². The maximum Gasteiger partial charge on any atom is 0.241 e. The first-order valence-electron chi connectivity index (χ1n) is 7.71. The van der Waals surface area contributed by atoms with Crippen LogP contribution in [0.5, 0.6) is 0 Å². The molecule has 1 atom stereocenters. The van der Waals surface area contributed by atoms with Crippen LogP contribution < -0.4 is 5.73 Å². The number of nitrogens with two attached hydrogens (primary N) is 1. The molecule has 0 bridgehead atoms. The first-order valence-corrected chi connectivity index (χ1v) is 7.71. The summed E-state index contributed by atoms with van der Waals surface area (Å²) in [5, 5.41) is 0. The van der Waals surface area contributed by atoms with Crippen LogP contribution >= 0.6 is 0 Å². The summed E-state index contributed by atoms with van der Waals surface area (Å²) in [5.74, 6) is 0.247. The Morgan fingerprint density at radius 3 is 2.32 bits per heavy atom. The van der Waals surface area contributed by atoms with Gasteiger partial charge in [0.25, 0.3) is 0 Å². The topological polar surface area (TPSA) is 49.6 Å². The quantitative estimate of drug-likeness (QED) is 0.773. The van der Waals surface area contributed by atoms with E-state index in [1.807, 2.05) is 7.05 Å². The van der Waals surface area contributed by atoms with Gasteiger partial charge in [0.1, 0.15) is 6.04 Å². The number of hydrogen-bond acceptors (Lipinski definition) is 3. The molecular formula is C15H29N3O. The van der Waals surface area contributed by atoms with E-state index in [9.17, 15) is 4.79 Å². The summed E-state index contributed by atoms with van der Waals surface area (Å²) in [6.07, 6.45) is 7.51. The van der Waals surface area contributed by atoms with Crippen LogP contribution in [0.3, 0.4) is 0 Å². The van der Waals surface area contributed by atoms with Crippen LogP contribution in [-0.2, 0) is 4.79 Å². The SMILES string of the molecule is CN1C(CN)C(=O)N(C2CCCCCC2)CC1(C)C. The van der Waals surface area contributed by atoms with E-state index in [-0.39, 0.29) is 17.5 Å². The molecule has 1 unspecified atom stereocenters. The van der Waals surface area contributed by atoms with Gasteiger partial charge in [-0.15, -0.1) is 0 Å². The van der Waals surface area contributed by atoms with E-state index in [0.29, 0.717) is 12.6 Å². The van der Waals surface area contributed by atoms with Gasteiger partial charge in [-0.2, -0.15) is 0 Å². The molecule has 1 heterocycles. The van der Waals surface area contributed by atoms with E-state index in [1.165, 1.54) is 38.5 Å². The molecule has 0 aromatic carbocycles. The zero-order chi connectivity index (χ0) is 14.0. The fourth-order valence-electron chi connectivity index (χ4n) is 3.52. The van der Waals surface area contributed by atoms with Crippen LogP contribution in [-0.4, -0.2) is 53.5 Å². The smallest absolute Gasteiger partial charge is 0.241 e. The lowest BCUT2D eigenvalue weighted by molar-refractivity contribution is -0.151. The standard InChI is InChI=1S/C15H29N3O/c1-15(2)11-18(12-8-6-4-5-7-9-12)14(19)13(10-16)17(15)3/h12-13H,4-11,16H2,1-3H3. The molecule has 4 nitrogen and oxygen atoms in total. The molecular weight excluding hydrogens is 238 g/mol. The number of piperazine rings is 1. The minimum Gasteiger partial charge on any atom is -0.336 e. The summed E-state index contributed by atoms with van der Waals surface area (Å²) in [6.45, 7) is 5.68. The second kappa shape index (κ2) is 5.80. The Hall–Kier alpha value is -0.610. The molecule has 1 aliphatic heterocycles. The molecule has 0 aromatic rings. The first-order chi connectivity index (χ1) is 8.97. The maximum absolute atomic E-state index is 12.7. The molecule has 2 rings (SSSR count). The lowest BCUT2D eigenvalue weighted by atomic mass is 9.92. The molecule has 2 aliphatic rings. The predicted molar refractivity (Wildman–Crippen MR) is 77.9 cm³/mol. The Balaban J connectivity index is 2.16. The van der Waals surface area contributed by atoms with Gasteiger partial charge in [-0.3, -0.25) is 9.69 Å². The fraction of sp³-hybridized carbons (Fsp3) is 0.933. The van der Waals surface area contributed by atoms with Gasteiger partial charge >= 0.3 is 0 Å². The lowest BCUT2D eigenvalue weighted by Crippen LogP contribution is -2.68. The van der Waals surface area contributed by atoms with Crippen molar-refractivity contribution in [2.24, 2.45) is 5.73 Å². The number of hydrogen-bond donors (Lipinski definition) is 1. The molecule has 4 heteroatoms. The van der Waals surface area contributed by atoms with Crippen LogP contribution in [0.1, 0.15) is 52.4 Å². The van der Waals surface area contributed by atoms with Crippen LogP contribution in [0.15, 0.2) is 0 Å². The van der Waals surface area contributed by atoms with Crippen LogP contribution in [0.4, 0.5) is 0 Å². The highest BCUT2D eigenvalue weighted by molar-refractivity contribution is 5.83. The van der Waals surface area contributed by atoms with Gasteiger partial charge in [-0.25, -0.2) is 0 Å². The zero-order valence-electron chi connectivity index (χ0n) is 12.7. The van der Waals surface area contributed by atoms with Gasteiger partial charge in [0.2, 0.25) is 5.91 Å². The number of amides is 1. The molecule has 19 heavy (non-hydrogen) atoms. The molecule has 1 saturated carbocycles. The molecule has 0 radical (unpaired) electrons. The van der Waals surface area contributed by atoms with E-state index in [2.05, 4.69) is 23.6 Å². The second-order valence-corrected chi connectivity index (χ2v) is 6.79. The summed E-state index contributed by atoms with van der Waals surface area (Å²) >= 11 is 0. The van der Waals surface area contributed by atoms with Gasteiger partial charge in [-0.1, -0.05) is 25.7 Å². The van der Waals surface area contributed by atoms with Crippen molar-refractivity contribution in [1.29, 1.82) is 0 Å². The molecule has 0 spiro atoms. The van der Waals surface area contributed by atoms with Crippen LogP contribution in [0, 0.1) is 0 Å². The maximum atomic E-state index is 12.7. The summed E-state index contributed by atoms with van der Waals surface area (Å²) in [7, 11) is 2.03. The molecule has 0 aromatic heterocycles. The Morgan fingerprint density at radius 1 is 1.21 bits per heavy atom. The monoisotopic (exact) mass is 267 g/mol. The van der Waals surface area contributed by atoms with Gasteiger partial charge in [0.15, 0.2) is 0 Å². The normalized spacial score (nSPS) is 30.4. The minimum absolute atomic E-state index is 0.0181. The molecule has 1 amide bonds. The summed E-state index contributed by atoms with van der Waals surface area (Å²) in [6, 6.07) is 0.295. The van der Waals surface area contributed by atoms with E-state index in [1.54, 1.807) is 0 Å². The molecule has 1 aliphatic carbocycles. The van der Waals surface area contributed by atoms with Crippen molar-refractivity contribution in [3.63, 3.8) is 0 Å². The fourth-order valence-corrected chi connectivity index (χ4v) is 3.52. The molecule has 110 valence electrons. The summed E-state index contributed by atoms with van der Waals surface area (Å²) in [4.78, 5) is 17.0. The Bertz CT molecular complexity index is 321. The predicted octanol–water partition coefficient (Wildman–Crippen LogP) is 1.59. The number of likely N-dealkylation sites (N-methyl/N-ethyl adjacent to an activating group) is 1. The average molecular weight is 267 g/mol. The number of carbonyl (C=O) groups is 1. The minimum atomic E-state index is -0.146. The highest BCUT2D eigenvalue weighted by Gasteiger charge is 2.44. The lowest BCUT2D eigenvalue weighted by Gasteiger charge is -2.51. The third kappa shape index (κ3) is 2.95. The zero-order valence-corrected chi connectivity index (χ0v) is 12.7. The highest BCUT2D eigenvalue weighted by Crippen LogP contribution is 2.30. The second-order valence-electron chi connectivity index (χ2n) is 6.79. The van der Waals surface area contributed by atoms with E-state index >= 15 is 0 Å². The molecule has 2 N–H and O–H groups in total. The molecule has 2 fully saturated rings. The van der Waals surface area contributed by atoms with Crippen molar-refractivity contribution in [1.82, 2.24) is 9.80 Å². The van der Waals surface area contributed by atoms with Crippen molar-refractivity contribution >= 4 is 5.91 Å². The molecule has 1 saturated heterocycles. The Labute approximate surface area is 117 Å². The largest absolute Gasteiger partial charge is 0.336 e. The van der Waals surface area contributed by atoms with Crippen molar-refractivity contribution in [2.75, 3.05) is 20.1 Å². The van der Waals surface area contributed by atoms with Gasteiger partial charge in [-0.05, 0) is 33.7 Å². The van der Waals surface area contributed by atoms with E-state index in [0.717, 1.165) is 6.54 Å². The summed E-state index contributed by atoms with van der Waals surface area (Å²) < 4.78 is 0. The Morgan fingerprint density at radius 2 is 1.79 bits per heavy atom. The van der Waals surface area contributed by atoms with Crippen molar-refractivity contribution in [3.05, 3.63) is 0 Å². The van der Waals surface area contributed by atoms with Gasteiger partial charge in [0, 0.05) is 24.7 Å². The van der Waals surface area contributed by atoms with Crippen molar-refractivity contribution in [2.45, 2.75) is 70.0 Å². The highest BCUT2D eigenvalue weighted by atomic mass is 16.2. The summed E-state index contributed by atoms with van der Waals surface area (Å²) in [5.41, 5.74) is 5.86. The number of carbonyl (C=O) groups excluding carboxylic acids is 1. The third-order valence-electron chi connectivity index (χ3n) is 5.04. The van der Waals surface area contributed by atoms with E-state index < -0.39 is 0 Å².